The first-order chi connectivity index (χ1) is 5.65. The Hall–Kier alpha value is -0.0217. The molecule has 0 spiro atoms. The molecule has 0 atom stereocenters. The van der Waals surface area contributed by atoms with Crippen molar-refractivity contribution in [2.24, 2.45) is 0 Å². The first kappa shape index (κ1) is 10.1. The Bertz CT molecular complexity index is 335. The Morgan fingerprint density at radius 2 is 1.67 bits per heavy atom. The van der Waals surface area contributed by atoms with E-state index in [-0.39, 0.29) is 0 Å². The topological polar surface area (TPSA) is 0 Å². The molecule has 0 heterocycles. The van der Waals surface area contributed by atoms with E-state index >= 15 is 0 Å². The molecule has 0 aromatic heterocycles. The number of benzene rings is 1. The van der Waals surface area contributed by atoms with E-state index in [0.717, 1.165) is 0 Å². The monoisotopic (exact) mass is 350 g/mol. The average Bonchev–Trinajstić information content (AvgIpc) is 1.96. The molecule has 12 heavy (non-hydrogen) atoms. The molecule has 0 unspecified atom stereocenters. The van der Waals surface area contributed by atoms with Crippen molar-refractivity contribution in [3.05, 3.63) is 34.4 Å². The SMILES string of the molecule is Cc1cc(C)c([C]#[W][Cl])c(C)c1. The van der Waals surface area contributed by atoms with Crippen LogP contribution in [0, 0.1) is 25.0 Å². The zero-order chi connectivity index (χ0) is 9.14. The van der Waals surface area contributed by atoms with Gasteiger partial charge in [0.05, 0.1) is 0 Å². The molecule has 1 aromatic rings. The first-order valence-electron chi connectivity index (χ1n) is 3.76. The van der Waals surface area contributed by atoms with Crippen LogP contribution in [-0.4, -0.2) is 0 Å². The maximum atomic E-state index is 5.78. The molecule has 0 aliphatic rings. The molecular formula is C10H11ClW. The predicted octanol–water partition coefficient (Wildman–Crippen LogP) is 3.16. The fraction of sp³-hybridized carbons (Fsp3) is 0.300. The maximum absolute atomic E-state index is 5.78. The van der Waals surface area contributed by atoms with Crippen molar-refractivity contribution >= 4 is 9.42 Å². The van der Waals surface area contributed by atoms with Gasteiger partial charge in [-0.3, -0.25) is 0 Å². The molecule has 1 rings (SSSR count). The Morgan fingerprint density at radius 3 is 2.08 bits per heavy atom. The van der Waals surface area contributed by atoms with Crippen molar-refractivity contribution in [1.29, 1.82) is 0 Å². The molecule has 0 amide bonds. The van der Waals surface area contributed by atoms with E-state index in [0.29, 0.717) is 0 Å². The normalized spacial score (nSPS) is 9.33. The Kier molecular flexibility index (Phi) is 3.59. The van der Waals surface area contributed by atoms with Gasteiger partial charge in [-0.25, -0.2) is 0 Å². The number of hydrogen-bond donors (Lipinski definition) is 0. The van der Waals surface area contributed by atoms with Gasteiger partial charge in [0.2, 0.25) is 0 Å². The first-order valence-corrected chi connectivity index (χ1v) is 8.86. The molecule has 0 N–H and O–H groups in total. The summed E-state index contributed by atoms with van der Waals surface area (Å²) in [6.45, 7) is 6.35. The van der Waals surface area contributed by atoms with E-state index in [1.807, 2.05) is 0 Å². The summed E-state index contributed by atoms with van der Waals surface area (Å²) in [4.78, 5) is 0. The molecule has 64 valence electrons. The van der Waals surface area contributed by atoms with E-state index in [9.17, 15) is 0 Å². The standard InChI is InChI=1S/C10H11.ClH.W/c1-7-5-8(2)10(4)9(3)6-7;;/h5-6H,1-3H3;1H;/q;;+1/p-1. The van der Waals surface area contributed by atoms with Gasteiger partial charge in [-0.05, 0) is 0 Å². The number of aryl methyl sites for hydroxylation is 3. The Morgan fingerprint density at radius 1 is 1.17 bits per heavy atom. The third-order valence-electron chi connectivity index (χ3n) is 1.82. The van der Waals surface area contributed by atoms with Crippen LogP contribution in [0.3, 0.4) is 0 Å². The van der Waals surface area contributed by atoms with Gasteiger partial charge in [-0.2, -0.15) is 0 Å². The van der Waals surface area contributed by atoms with E-state index < -0.39 is 16.9 Å². The van der Waals surface area contributed by atoms with Crippen LogP contribution < -0.4 is 0 Å². The molecule has 0 radical (unpaired) electrons. The molecule has 1 aromatic carbocycles. The Balaban J connectivity index is 3.34. The van der Waals surface area contributed by atoms with Gasteiger partial charge in [0.1, 0.15) is 0 Å². The minimum absolute atomic E-state index is 0.833. The van der Waals surface area contributed by atoms with Crippen LogP contribution in [-0.2, 0) is 16.9 Å². The summed E-state index contributed by atoms with van der Waals surface area (Å²) in [6.07, 6.45) is 0. The summed E-state index contributed by atoms with van der Waals surface area (Å²) in [5.41, 5.74) is 5.15. The second-order valence-electron chi connectivity index (χ2n) is 2.95. The summed E-state index contributed by atoms with van der Waals surface area (Å²) in [5.74, 6) is 0. The second-order valence-corrected chi connectivity index (χ2v) is 5.50. The van der Waals surface area contributed by atoms with E-state index in [1.54, 1.807) is 0 Å². The van der Waals surface area contributed by atoms with Crippen molar-refractivity contribution in [2.75, 3.05) is 0 Å². The molecule has 2 heteroatoms. The van der Waals surface area contributed by atoms with Crippen molar-refractivity contribution in [1.82, 2.24) is 0 Å². The molecule has 0 nitrogen and oxygen atoms in total. The van der Waals surface area contributed by atoms with E-state index in [4.69, 9.17) is 9.42 Å². The van der Waals surface area contributed by atoms with Crippen LogP contribution in [0.5, 0.6) is 0 Å². The number of rotatable bonds is 0. The average molecular weight is 350 g/mol. The third kappa shape index (κ3) is 2.23. The van der Waals surface area contributed by atoms with Crippen molar-refractivity contribution < 1.29 is 16.9 Å². The second kappa shape index (κ2) is 4.28. The van der Waals surface area contributed by atoms with Crippen LogP contribution in [0.2, 0.25) is 0 Å². The van der Waals surface area contributed by atoms with Gasteiger partial charge in [0.15, 0.2) is 0 Å². The van der Waals surface area contributed by atoms with Crippen LogP contribution in [0.1, 0.15) is 22.3 Å². The van der Waals surface area contributed by atoms with Gasteiger partial charge in [0, 0.05) is 0 Å². The van der Waals surface area contributed by atoms with Crippen LogP contribution in [0.15, 0.2) is 12.1 Å². The zero-order valence-corrected chi connectivity index (χ0v) is 11.1. The summed E-state index contributed by atoms with van der Waals surface area (Å²) >= 11 is -0.833. The summed E-state index contributed by atoms with van der Waals surface area (Å²) in [7, 11) is 5.78. The third-order valence-corrected chi connectivity index (χ3v) is 3.46. The Labute approximate surface area is 85.5 Å². The van der Waals surface area contributed by atoms with Crippen molar-refractivity contribution in [2.45, 2.75) is 20.8 Å². The van der Waals surface area contributed by atoms with Crippen molar-refractivity contribution in [3.63, 3.8) is 0 Å². The molecule has 0 aliphatic heterocycles. The van der Waals surface area contributed by atoms with Gasteiger partial charge in [-0.1, -0.05) is 0 Å². The molecule has 0 aliphatic carbocycles. The molecule has 0 saturated heterocycles. The van der Waals surface area contributed by atoms with Crippen LogP contribution >= 0.6 is 9.42 Å². The quantitative estimate of drug-likeness (QED) is 0.674. The molecule has 0 saturated carbocycles. The fourth-order valence-electron chi connectivity index (χ4n) is 1.38. The number of halogens is 1. The van der Waals surface area contributed by atoms with Gasteiger partial charge >= 0.3 is 85.6 Å². The van der Waals surface area contributed by atoms with Gasteiger partial charge in [0.25, 0.3) is 0 Å². The fourth-order valence-corrected chi connectivity index (χ4v) is 3.45. The predicted molar refractivity (Wildman–Crippen MR) is 49.5 cm³/mol. The van der Waals surface area contributed by atoms with Gasteiger partial charge in [-0.15, -0.1) is 0 Å². The minimum atomic E-state index is -0.833. The summed E-state index contributed by atoms with van der Waals surface area (Å²) < 4.78 is 3.30. The molecule has 0 bridgehead atoms. The zero-order valence-electron chi connectivity index (χ0n) is 7.44. The van der Waals surface area contributed by atoms with Gasteiger partial charge < -0.3 is 0 Å². The van der Waals surface area contributed by atoms with Crippen molar-refractivity contribution in [3.8, 4) is 4.20 Å². The van der Waals surface area contributed by atoms with E-state index in [2.05, 4.69) is 37.1 Å². The molecule has 0 fully saturated rings. The summed E-state index contributed by atoms with van der Waals surface area (Å²) in [5, 5.41) is 0. The van der Waals surface area contributed by atoms with Crippen LogP contribution in [0.4, 0.5) is 0 Å². The molecular weight excluding hydrogens is 339 g/mol. The van der Waals surface area contributed by atoms with E-state index in [1.165, 1.54) is 22.3 Å². The number of hydrogen-bond acceptors (Lipinski definition) is 0. The van der Waals surface area contributed by atoms with Crippen LogP contribution in [0.25, 0.3) is 0 Å². The summed E-state index contributed by atoms with van der Waals surface area (Å²) in [6, 6.07) is 4.36.